The van der Waals surface area contributed by atoms with Gasteiger partial charge in [-0.25, -0.2) is 0 Å². The summed E-state index contributed by atoms with van der Waals surface area (Å²) >= 11 is 0. The molecular weight excluding hydrogens is 365 g/mol. The van der Waals surface area contributed by atoms with E-state index in [4.69, 9.17) is 0 Å². The van der Waals surface area contributed by atoms with Gasteiger partial charge in [-0.3, -0.25) is 19.3 Å². The summed E-state index contributed by atoms with van der Waals surface area (Å²) in [5.74, 6) is -1.50. The first kappa shape index (κ1) is 19.9. The molecular formula is C17H25F3N4O3. The Bertz CT molecular complexity index is 584. The number of amides is 3. The van der Waals surface area contributed by atoms with E-state index in [2.05, 4.69) is 0 Å². The van der Waals surface area contributed by atoms with E-state index in [1.165, 1.54) is 4.90 Å². The molecule has 0 N–H and O–H groups in total. The molecule has 0 aromatic heterocycles. The Morgan fingerprint density at radius 3 is 1.96 bits per heavy atom. The van der Waals surface area contributed by atoms with Crippen molar-refractivity contribution in [3.05, 3.63) is 0 Å². The van der Waals surface area contributed by atoms with Gasteiger partial charge in [0.1, 0.15) is 6.54 Å². The predicted molar refractivity (Wildman–Crippen MR) is 89.6 cm³/mol. The molecule has 27 heavy (non-hydrogen) atoms. The predicted octanol–water partition coefficient (Wildman–Crippen LogP) is 0.306. The first-order chi connectivity index (χ1) is 12.8. The zero-order chi connectivity index (χ0) is 19.6. The van der Waals surface area contributed by atoms with Gasteiger partial charge in [-0.1, -0.05) is 0 Å². The van der Waals surface area contributed by atoms with Crippen LogP contribution < -0.4 is 0 Å². The van der Waals surface area contributed by atoms with Gasteiger partial charge >= 0.3 is 18.0 Å². The van der Waals surface area contributed by atoms with E-state index in [9.17, 15) is 27.6 Å². The number of piperidine rings is 1. The summed E-state index contributed by atoms with van der Waals surface area (Å²) < 4.78 is 37.9. The third-order valence-electron chi connectivity index (χ3n) is 5.49. The second kappa shape index (κ2) is 8.04. The minimum Gasteiger partial charge on any atom is -0.334 e. The number of halogens is 3. The maximum Gasteiger partial charge on any atom is 0.406 e. The van der Waals surface area contributed by atoms with Crippen LogP contribution in [0.3, 0.4) is 0 Å². The van der Waals surface area contributed by atoms with Crippen LogP contribution in [0, 0.1) is 0 Å². The molecule has 152 valence electrons. The number of carbonyl (C=O) groups is 3. The van der Waals surface area contributed by atoms with Crippen molar-refractivity contribution in [3.63, 3.8) is 0 Å². The van der Waals surface area contributed by atoms with E-state index in [1.807, 2.05) is 4.90 Å². The zero-order valence-electron chi connectivity index (χ0n) is 15.2. The summed E-state index contributed by atoms with van der Waals surface area (Å²) in [7, 11) is 0. The highest BCUT2D eigenvalue weighted by Crippen LogP contribution is 2.24. The van der Waals surface area contributed by atoms with Crippen molar-refractivity contribution < 1.29 is 27.6 Å². The Kier molecular flexibility index (Phi) is 5.92. The largest absolute Gasteiger partial charge is 0.406 e. The molecule has 10 heteroatoms. The van der Waals surface area contributed by atoms with Gasteiger partial charge in [-0.15, -0.1) is 0 Å². The Morgan fingerprint density at radius 1 is 0.852 bits per heavy atom. The summed E-state index contributed by atoms with van der Waals surface area (Å²) in [5, 5.41) is 0. The standard InChI is InChI=1S/C17H25F3N4O3/c18-17(19,20)12-24-7-3-4-13(14(24)25)21-8-10-23(11-9-21)16(27)15(26)22-5-1-2-6-22/h13H,1-12H2. The van der Waals surface area contributed by atoms with Crippen LogP contribution in [-0.4, -0.2) is 102 Å². The van der Waals surface area contributed by atoms with E-state index in [-0.39, 0.29) is 6.54 Å². The van der Waals surface area contributed by atoms with Crippen molar-refractivity contribution >= 4 is 17.7 Å². The molecule has 0 saturated carbocycles. The molecule has 1 atom stereocenters. The van der Waals surface area contributed by atoms with E-state index in [0.717, 1.165) is 17.7 Å². The molecule has 0 bridgehead atoms. The van der Waals surface area contributed by atoms with E-state index in [0.29, 0.717) is 52.1 Å². The average Bonchev–Trinajstić information content (AvgIpc) is 3.16. The summed E-state index contributed by atoms with van der Waals surface area (Å²) in [4.78, 5) is 42.8. The van der Waals surface area contributed by atoms with Crippen LogP contribution in [0.25, 0.3) is 0 Å². The summed E-state index contributed by atoms with van der Waals surface area (Å²) in [6.07, 6.45) is -1.54. The Balaban J connectivity index is 1.53. The van der Waals surface area contributed by atoms with Gasteiger partial charge in [0.05, 0.1) is 6.04 Å². The molecule has 3 fully saturated rings. The van der Waals surface area contributed by atoms with Crippen molar-refractivity contribution in [1.29, 1.82) is 0 Å². The normalized spacial score (nSPS) is 25.2. The number of likely N-dealkylation sites (tertiary alicyclic amines) is 2. The molecule has 0 aromatic carbocycles. The molecule has 1 unspecified atom stereocenters. The zero-order valence-corrected chi connectivity index (χ0v) is 15.2. The SMILES string of the molecule is O=C(C(=O)N1CCN(C2CCCN(CC(F)(F)F)C2=O)CC1)N1CCCC1. The van der Waals surface area contributed by atoms with Crippen LogP contribution in [0.1, 0.15) is 25.7 Å². The highest BCUT2D eigenvalue weighted by molar-refractivity contribution is 6.35. The first-order valence-corrected chi connectivity index (χ1v) is 9.44. The molecule has 7 nitrogen and oxygen atoms in total. The number of carbonyl (C=O) groups excluding carboxylic acids is 3. The van der Waals surface area contributed by atoms with E-state index < -0.39 is 36.5 Å². The van der Waals surface area contributed by atoms with Gasteiger partial charge in [0.2, 0.25) is 5.91 Å². The lowest BCUT2D eigenvalue weighted by Crippen LogP contribution is -2.60. The fourth-order valence-electron chi connectivity index (χ4n) is 4.06. The fraction of sp³-hybridized carbons (Fsp3) is 0.824. The Hall–Kier alpha value is -1.84. The second-order valence-corrected chi connectivity index (χ2v) is 7.36. The van der Waals surface area contributed by atoms with Crippen LogP contribution in [0.5, 0.6) is 0 Å². The smallest absolute Gasteiger partial charge is 0.334 e. The van der Waals surface area contributed by atoms with Crippen LogP contribution in [0.2, 0.25) is 0 Å². The summed E-state index contributed by atoms with van der Waals surface area (Å²) in [6.45, 7) is 1.50. The lowest BCUT2D eigenvalue weighted by molar-refractivity contribution is -0.168. The monoisotopic (exact) mass is 390 g/mol. The number of hydrogen-bond acceptors (Lipinski definition) is 4. The molecule has 0 aromatic rings. The maximum absolute atomic E-state index is 12.6. The number of piperazine rings is 1. The maximum atomic E-state index is 12.6. The van der Waals surface area contributed by atoms with Crippen molar-refractivity contribution in [3.8, 4) is 0 Å². The summed E-state index contributed by atoms with van der Waals surface area (Å²) in [5.41, 5.74) is 0. The molecule has 3 amide bonds. The minimum atomic E-state index is -4.40. The third-order valence-corrected chi connectivity index (χ3v) is 5.49. The minimum absolute atomic E-state index is 0.123. The lowest BCUT2D eigenvalue weighted by Gasteiger charge is -2.42. The van der Waals surface area contributed by atoms with Crippen LogP contribution >= 0.6 is 0 Å². The Morgan fingerprint density at radius 2 is 1.41 bits per heavy atom. The summed E-state index contributed by atoms with van der Waals surface area (Å²) in [6, 6.07) is -0.576. The number of alkyl halides is 3. The van der Waals surface area contributed by atoms with Crippen LogP contribution in [-0.2, 0) is 14.4 Å². The first-order valence-electron chi connectivity index (χ1n) is 9.44. The molecule has 3 heterocycles. The van der Waals surface area contributed by atoms with Gasteiger partial charge in [0.25, 0.3) is 0 Å². The topological polar surface area (TPSA) is 64.2 Å². The van der Waals surface area contributed by atoms with Crippen molar-refractivity contribution in [2.45, 2.75) is 37.9 Å². The number of hydrogen-bond donors (Lipinski definition) is 0. The second-order valence-electron chi connectivity index (χ2n) is 7.36. The fourth-order valence-corrected chi connectivity index (χ4v) is 4.06. The quantitative estimate of drug-likeness (QED) is 0.637. The van der Waals surface area contributed by atoms with Crippen molar-refractivity contribution in [2.24, 2.45) is 0 Å². The average molecular weight is 390 g/mol. The van der Waals surface area contributed by atoms with Crippen LogP contribution in [0.15, 0.2) is 0 Å². The number of rotatable bonds is 2. The highest BCUT2D eigenvalue weighted by atomic mass is 19.4. The van der Waals surface area contributed by atoms with E-state index in [1.54, 1.807) is 4.90 Å². The Labute approximate surface area is 156 Å². The highest BCUT2D eigenvalue weighted by Gasteiger charge is 2.40. The van der Waals surface area contributed by atoms with Gasteiger partial charge in [-0.2, -0.15) is 13.2 Å². The molecule has 3 rings (SSSR count). The van der Waals surface area contributed by atoms with Crippen LogP contribution in [0.4, 0.5) is 13.2 Å². The van der Waals surface area contributed by atoms with Gasteiger partial charge in [-0.05, 0) is 25.7 Å². The molecule has 0 aliphatic carbocycles. The number of nitrogens with zero attached hydrogens (tertiary/aromatic N) is 4. The van der Waals surface area contributed by atoms with Gasteiger partial charge in [0.15, 0.2) is 0 Å². The molecule has 0 spiro atoms. The van der Waals surface area contributed by atoms with Crippen molar-refractivity contribution in [1.82, 2.24) is 19.6 Å². The molecule has 3 aliphatic rings. The van der Waals surface area contributed by atoms with Crippen molar-refractivity contribution in [2.75, 3.05) is 52.4 Å². The lowest BCUT2D eigenvalue weighted by atomic mass is 10.0. The molecule has 0 radical (unpaired) electrons. The third kappa shape index (κ3) is 4.72. The van der Waals surface area contributed by atoms with Gasteiger partial charge < -0.3 is 14.7 Å². The van der Waals surface area contributed by atoms with Gasteiger partial charge in [0, 0.05) is 45.8 Å². The van der Waals surface area contributed by atoms with E-state index >= 15 is 0 Å². The molecule has 3 aliphatic heterocycles. The molecule has 3 saturated heterocycles.